The summed E-state index contributed by atoms with van der Waals surface area (Å²) in [6.45, 7) is 6.88. The van der Waals surface area contributed by atoms with E-state index < -0.39 is 0 Å². The van der Waals surface area contributed by atoms with Gasteiger partial charge in [0, 0.05) is 11.4 Å². The molecule has 2 rings (SSSR count). The lowest BCUT2D eigenvalue weighted by atomic mass is 9.87. The predicted molar refractivity (Wildman–Crippen MR) is 83.6 cm³/mol. The van der Waals surface area contributed by atoms with Crippen molar-refractivity contribution in [2.75, 3.05) is 0 Å². The number of rotatable bonds is 3. The van der Waals surface area contributed by atoms with Crippen molar-refractivity contribution >= 4 is 11.8 Å². The summed E-state index contributed by atoms with van der Waals surface area (Å²) >= 11 is 1.43. The molecule has 0 aromatic heterocycles. The molecule has 2 aromatic carbocycles. The third kappa shape index (κ3) is 3.41. The highest BCUT2D eigenvalue weighted by molar-refractivity contribution is 7.99. The fraction of sp³-hybridized carbons (Fsp3) is 0.294. The van der Waals surface area contributed by atoms with Gasteiger partial charge in [0.1, 0.15) is 5.82 Å². The van der Waals surface area contributed by atoms with Crippen LogP contribution in [0.2, 0.25) is 0 Å². The largest absolute Gasteiger partial charge is 0.326 e. The van der Waals surface area contributed by atoms with Gasteiger partial charge in [0.05, 0.1) is 4.90 Å². The molecule has 0 radical (unpaired) electrons. The molecule has 0 saturated carbocycles. The Morgan fingerprint density at radius 2 is 1.70 bits per heavy atom. The highest BCUT2D eigenvalue weighted by Gasteiger charge is 2.14. The molecular formula is C17H20FNS. The summed E-state index contributed by atoms with van der Waals surface area (Å²) in [5.74, 6) is -0.210. The zero-order valence-corrected chi connectivity index (χ0v) is 12.9. The van der Waals surface area contributed by atoms with Gasteiger partial charge in [0.15, 0.2) is 0 Å². The number of nitrogens with two attached hydrogens (primary N) is 1. The normalized spacial score (nSPS) is 11.7. The topological polar surface area (TPSA) is 26.0 Å². The molecule has 0 fully saturated rings. The summed E-state index contributed by atoms with van der Waals surface area (Å²) in [7, 11) is 0. The molecule has 0 aliphatic carbocycles. The Bertz CT molecular complexity index is 585. The Hall–Kier alpha value is -1.32. The van der Waals surface area contributed by atoms with Crippen molar-refractivity contribution in [3.05, 3.63) is 59.4 Å². The molecule has 20 heavy (non-hydrogen) atoms. The van der Waals surface area contributed by atoms with Gasteiger partial charge in [0.2, 0.25) is 0 Å². The van der Waals surface area contributed by atoms with E-state index in [1.165, 1.54) is 23.4 Å². The Labute approximate surface area is 124 Å². The van der Waals surface area contributed by atoms with Crippen molar-refractivity contribution in [2.45, 2.75) is 42.5 Å². The van der Waals surface area contributed by atoms with Crippen molar-refractivity contribution < 1.29 is 4.39 Å². The number of halogens is 1. The maximum atomic E-state index is 13.9. The lowest BCUT2D eigenvalue weighted by molar-refractivity contribution is 0.589. The van der Waals surface area contributed by atoms with E-state index in [4.69, 9.17) is 5.73 Å². The van der Waals surface area contributed by atoms with Crippen LogP contribution in [0.25, 0.3) is 0 Å². The Balaban J connectivity index is 2.27. The summed E-state index contributed by atoms with van der Waals surface area (Å²) in [4.78, 5) is 1.65. The van der Waals surface area contributed by atoms with Crippen LogP contribution in [0.1, 0.15) is 31.9 Å². The van der Waals surface area contributed by atoms with Gasteiger partial charge in [-0.05, 0) is 34.7 Å². The Kier molecular flexibility index (Phi) is 4.51. The highest BCUT2D eigenvalue weighted by Crippen LogP contribution is 2.34. The van der Waals surface area contributed by atoms with Crippen LogP contribution in [0.4, 0.5) is 4.39 Å². The molecule has 0 unspecified atom stereocenters. The molecule has 0 saturated heterocycles. The van der Waals surface area contributed by atoms with E-state index in [0.717, 1.165) is 10.5 Å². The first kappa shape index (κ1) is 15.1. The van der Waals surface area contributed by atoms with E-state index in [2.05, 4.69) is 32.9 Å². The second-order valence-corrected chi connectivity index (χ2v) is 6.89. The molecule has 0 aliphatic rings. The number of benzene rings is 2. The van der Waals surface area contributed by atoms with E-state index in [-0.39, 0.29) is 11.2 Å². The van der Waals surface area contributed by atoms with Crippen molar-refractivity contribution in [1.82, 2.24) is 0 Å². The second-order valence-electron chi connectivity index (χ2n) is 5.81. The molecule has 0 atom stereocenters. The molecule has 0 bridgehead atoms. The molecule has 1 nitrogen and oxygen atoms in total. The first-order valence-electron chi connectivity index (χ1n) is 6.67. The van der Waals surface area contributed by atoms with E-state index in [0.29, 0.717) is 11.4 Å². The van der Waals surface area contributed by atoms with Gasteiger partial charge >= 0.3 is 0 Å². The predicted octanol–water partition coefficient (Wildman–Crippen LogP) is 4.73. The van der Waals surface area contributed by atoms with Crippen molar-refractivity contribution in [1.29, 1.82) is 0 Å². The summed E-state index contributed by atoms with van der Waals surface area (Å²) in [5.41, 5.74) is 7.92. The lowest BCUT2D eigenvalue weighted by Gasteiger charge is -2.19. The van der Waals surface area contributed by atoms with Crippen LogP contribution < -0.4 is 5.73 Å². The monoisotopic (exact) mass is 289 g/mol. The van der Waals surface area contributed by atoms with Crippen LogP contribution in [-0.4, -0.2) is 0 Å². The van der Waals surface area contributed by atoms with E-state index >= 15 is 0 Å². The van der Waals surface area contributed by atoms with Gasteiger partial charge in [-0.3, -0.25) is 0 Å². The molecule has 0 amide bonds. The average Bonchev–Trinajstić information content (AvgIpc) is 2.40. The maximum absolute atomic E-state index is 13.9. The van der Waals surface area contributed by atoms with Gasteiger partial charge in [0.25, 0.3) is 0 Å². The quantitative estimate of drug-likeness (QED) is 0.883. The van der Waals surface area contributed by atoms with Gasteiger partial charge in [-0.2, -0.15) is 0 Å². The van der Waals surface area contributed by atoms with E-state index in [9.17, 15) is 4.39 Å². The zero-order chi connectivity index (χ0) is 14.8. The molecule has 2 aromatic rings. The van der Waals surface area contributed by atoms with Crippen LogP contribution in [0.15, 0.2) is 52.3 Å². The fourth-order valence-corrected chi connectivity index (χ4v) is 2.93. The van der Waals surface area contributed by atoms with Crippen molar-refractivity contribution in [3.63, 3.8) is 0 Å². The molecule has 3 heteroatoms. The third-order valence-corrected chi connectivity index (χ3v) is 4.38. The summed E-state index contributed by atoms with van der Waals surface area (Å²) < 4.78 is 13.9. The zero-order valence-electron chi connectivity index (χ0n) is 12.1. The van der Waals surface area contributed by atoms with E-state index in [1.54, 1.807) is 6.07 Å². The summed E-state index contributed by atoms with van der Waals surface area (Å²) in [6, 6.07) is 13.3. The van der Waals surface area contributed by atoms with Crippen LogP contribution in [0.5, 0.6) is 0 Å². The van der Waals surface area contributed by atoms with Crippen LogP contribution in [0.3, 0.4) is 0 Å². The standard InChI is InChI=1S/C17H20FNS/c1-17(2,3)13-7-9-14(10-8-13)20-16-12(11-19)5-4-6-15(16)18/h4-10H,11,19H2,1-3H3. The van der Waals surface area contributed by atoms with Gasteiger partial charge in [-0.25, -0.2) is 4.39 Å². The van der Waals surface area contributed by atoms with Crippen LogP contribution in [-0.2, 0) is 12.0 Å². The first-order chi connectivity index (χ1) is 9.41. The fourth-order valence-electron chi connectivity index (χ4n) is 1.97. The van der Waals surface area contributed by atoms with Gasteiger partial charge < -0.3 is 5.73 Å². The van der Waals surface area contributed by atoms with Gasteiger partial charge in [-0.1, -0.05) is 56.8 Å². The highest BCUT2D eigenvalue weighted by atomic mass is 32.2. The SMILES string of the molecule is CC(C)(C)c1ccc(Sc2c(F)cccc2CN)cc1. The van der Waals surface area contributed by atoms with Crippen molar-refractivity contribution in [2.24, 2.45) is 5.73 Å². The maximum Gasteiger partial charge on any atom is 0.137 e. The molecule has 2 N–H and O–H groups in total. The Morgan fingerprint density at radius 1 is 1.05 bits per heavy atom. The Morgan fingerprint density at radius 3 is 2.25 bits per heavy atom. The van der Waals surface area contributed by atoms with Gasteiger partial charge in [-0.15, -0.1) is 0 Å². The minimum Gasteiger partial charge on any atom is -0.326 e. The summed E-state index contributed by atoms with van der Waals surface area (Å²) in [6.07, 6.45) is 0. The minimum atomic E-state index is -0.210. The molecular weight excluding hydrogens is 269 g/mol. The summed E-state index contributed by atoms with van der Waals surface area (Å²) in [5, 5.41) is 0. The third-order valence-electron chi connectivity index (χ3n) is 3.21. The molecule has 0 heterocycles. The lowest BCUT2D eigenvalue weighted by Crippen LogP contribution is -2.10. The first-order valence-corrected chi connectivity index (χ1v) is 7.49. The molecule has 0 aliphatic heterocycles. The van der Waals surface area contributed by atoms with Crippen LogP contribution >= 0.6 is 11.8 Å². The van der Waals surface area contributed by atoms with E-state index in [1.807, 2.05) is 18.2 Å². The second kappa shape index (κ2) is 5.98. The number of hydrogen-bond donors (Lipinski definition) is 1. The minimum absolute atomic E-state index is 0.129. The van der Waals surface area contributed by atoms with Crippen molar-refractivity contribution in [3.8, 4) is 0 Å². The molecule has 106 valence electrons. The average molecular weight is 289 g/mol. The molecule has 0 spiro atoms. The van der Waals surface area contributed by atoms with Crippen LogP contribution in [0, 0.1) is 5.82 Å². The number of hydrogen-bond acceptors (Lipinski definition) is 2. The smallest absolute Gasteiger partial charge is 0.137 e.